The highest BCUT2D eigenvalue weighted by molar-refractivity contribution is 9.10. The normalized spacial score (nSPS) is 26.3. The Hall–Kier alpha value is -0.510. The maximum atomic E-state index is 5.63. The second-order valence-electron chi connectivity index (χ2n) is 3.75. The first kappa shape index (κ1) is 9.06. The first-order valence-electron chi connectivity index (χ1n) is 4.69. The Morgan fingerprint density at radius 3 is 2.92 bits per heavy atom. The molecule has 0 aromatic carbocycles. The summed E-state index contributed by atoms with van der Waals surface area (Å²) in [5.74, 6) is 2.34. The molecule has 2 N–H and O–H groups in total. The molecular weight excluding hydrogens is 230 g/mol. The van der Waals surface area contributed by atoms with Crippen LogP contribution in [-0.2, 0) is 6.54 Å². The average Bonchev–Trinajstić information content (AvgIpc) is 2.75. The first-order chi connectivity index (χ1) is 6.20. The number of rotatable bonds is 3. The lowest BCUT2D eigenvalue weighted by Gasteiger charge is -1.98. The molecule has 1 heterocycles. The van der Waals surface area contributed by atoms with E-state index in [-0.39, 0.29) is 0 Å². The monoisotopic (exact) mass is 243 g/mol. The molecule has 1 aliphatic carbocycles. The van der Waals surface area contributed by atoms with Gasteiger partial charge in [-0.05, 0) is 34.2 Å². The van der Waals surface area contributed by atoms with Crippen LogP contribution in [0, 0.1) is 11.8 Å². The van der Waals surface area contributed by atoms with Crippen LogP contribution in [0.5, 0.6) is 0 Å². The molecule has 0 saturated heterocycles. The van der Waals surface area contributed by atoms with Gasteiger partial charge in [0.2, 0.25) is 0 Å². The lowest BCUT2D eigenvalue weighted by Crippen LogP contribution is -2.02. The maximum Gasteiger partial charge on any atom is 0.159 e. The van der Waals surface area contributed by atoms with Crippen molar-refractivity contribution >= 4 is 21.7 Å². The Labute approximate surface area is 86.4 Å². The summed E-state index contributed by atoms with van der Waals surface area (Å²) in [6.07, 6.45) is 4.61. The molecule has 2 atom stereocenters. The lowest BCUT2D eigenvalue weighted by atomic mass is 10.2. The van der Waals surface area contributed by atoms with Crippen LogP contribution in [0.3, 0.4) is 0 Å². The predicted molar refractivity (Wildman–Crippen MR) is 56.2 cm³/mol. The van der Waals surface area contributed by atoms with Gasteiger partial charge in [-0.3, -0.25) is 4.68 Å². The summed E-state index contributed by atoms with van der Waals surface area (Å²) < 4.78 is 2.85. The fourth-order valence-corrected chi connectivity index (χ4v) is 2.10. The smallest absolute Gasteiger partial charge is 0.159 e. The van der Waals surface area contributed by atoms with Crippen molar-refractivity contribution in [1.29, 1.82) is 0 Å². The van der Waals surface area contributed by atoms with Gasteiger partial charge < -0.3 is 5.73 Å². The van der Waals surface area contributed by atoms with Crippen molar-refractivity contribution in [3.8, 4) is 0 Å². The molecule has 0 spiro atoms. The fraction of sp³-hybridized carbons (Fsp3) is 0.667. The minimum atomic E-state index is 0.591. The van der Waals surface area contributed by atoms with Crippen molar-refractivity contribution in [2.45, 2.75) is 26.3 Å². The molecule has 1 aliphatic rings. The largest absolute Gasteiger partial charge is 0.381 e. The highest BCUT2D eigenvalue weighted by atomic mass is 79.9. The van der Waals surface area contributed by atoms with Gasteiger partial charge in [-0.2, -0.15) is 5.10 Å². The van der Waals surface area contributed by atoms with Crippen LogP contribution in [0.25, 0.3) is 0 Å². The second kappa shape index (κ2) is 3.33. The van der Waals surface area contributed by atoms with E-state index in [2.05, 4.69) is 28.0 Å². The second-order valence-corrected chi connectivity index (χ2v) is 4.60. The average molecular weight is 244 g/mol. The molecule has 1 saturated carbocycles. The van der Waals surface area contributed by atoms with E-state index in [1.54, 1.807) is 0 Å². The SMILES string of the molecule is CC[C@@H]1C[C@H]1Cn1cc(Br)c(N)n1. The van der Waals surface area contributed by atoms with Crippen LogP contribution >= 0.6 is 15.9 Å². The van der Waals surface area contributed by atoms with Gasteiger partial charge in [-0.25, -0.2) is 0 Å². The van der Waals surface area contributed by atoms with Crippen LogP contribution in [0.4, 0.5) is 5.82 Å². The van der Waals surface area contributed by atoms with E-state index in [1.807, 2.05) is 10.9 Å². The summed E-state index contributed by atoms with van der Waals surface area (Å²) in [6.45, 7) is 3.27. The number of aromatic nitrogens is 2. The van der Waals surface area contributed by atoms with E-state index in [0.29, 0.717) is 5.82 Å². The highest BCUT2D eigenvalue weighted by Crippen LogP contribution is 2.42. The molecule has 0 radical (unpaired) electrons. The van der Waals surface area contributed by atoms with E-state index in [4.69, 9.17) is 5.73 Å². The van der Waals surface area contributed by atoms with Gasteiger partial charge >= 0.3 is 0 Å². The Bertz CT molecular complexity index is 288. The zero-order valence-electron chi connectivity index (χ0n) is 7.70. The molecule has 0 amide bonds. The Morgan fingerprint density at radius 2 is 2.46 bits per heavy atom. The van der Waals surface area contributed by atoms with E-state index in [1.165, 1.54) is 12.8 Å². The quantitative estimate of drug-likeness (QED) is 0.886. The number of nitrogens with two attached hydrogens (primary N) is 1. The van der Waals surface area contributed by atoms with E-state index >= 15 is 0 Å². The molecule has 4 heteroatoms. The van der Waals surface area contributed by atoms with Gasteiger partial charge in [0, 0.05) is 12.7 Å². The van der Waals surface area contributed by atoms with E-state index in [0.717, 1.165) is 22.9 Å². The molecular formula is C9H14BrN3. The Morgan fingerprint density at radius 1 is 1.69 bits per heavy atom. The van der Waals surface area contributed by atoms with Crippen LogP contribution in [0.1, 0.15) is 19.8 Å². The number of anilines is 1. The maximum absolute atomic E-state index is 5.63. The van der Waals surface area contributed by atoms with Crippen LogP contribution in [0.15, 0.2) is 10.7 Å². The topological polar surface area (TPSA) is 43.8 Å². The molecule has 1 fully saturated rings. The van der Waals surface area contributed by atoms with Gasteiger partial charge in [-0.15, -0.1) is 0 Å². The fourth-order valence-electron chi connectivity index (χ4n) is 1.78. The molecule has 0 unspecified atom stereocenters. The first-order valence-corrected chi connectivity index (χ1v) is 5.48. The van der Waals surface area contributed by atoms with Crippen LogP contribution < -0.4 is 5.73 Å². The summed E-state index contributed by atoms with van der Waals surface area (Å²) in [7, 11) is 0. The third kappa shape index (κ3) is 1.88. The van der Waals surface area contributed by atoms with Gasteiger partial charge in [0.15, 0.2) is 5.82 Å². The summed E-state index contributed by atoms with van der Waals surface area (Å²) in [6, 6.07) is 0. The van der Waals surface area contributed by atoms with Crippen molar-refractivity contribution < 1.29 is 0 Å². The summed E-state index contributed by atoms with van der Waals surface area (Å²) >= 11 is 3.35. The van der Waals surface area contributed by atoms with Crippen LogP contribution in [-0.4, -0.2) is 9.78 Å². The van der Waals surface area contributed by atoms with E-state index < -0.39 is 0 Å². The Kier molecular flexibility index (Phi) is 2.32. The molecule has 72 valence electrons. The minimum absolute atomic E-state index is 0.591. The highest BCUT2D eigenvalue weighted by Gasteiger charge is 2.35. The lowest BCUT2D eigenvalue weighted by molar-refractivity contribution is 0.526. The van der Waals surface area contributed by atoms with Crippen molar-refractivity contribution in [3.63, 3.8) is 0 Å². The zero-order chi connectivity index (χ0) is 9.42. The van der Waals surface area contributed by atoms with E-state index in [9.17, 15) is 0 Å². The molecule has 1 aromatic rings. The summed E-state index contributed by atoms with van der Waals surface area (Å²) in [5, 5.41) is 4.21. The third-order valence-corrected chi connectivity index (χ3v) is 3.37. The van der Waals surface area contributed by atoms with Crippen molar-refractivity contribution in [1.82, 2.24) is 9.78 Å². The standard InChI is InChI=1S/C9H14BrN3/c1-2-6-3-7(6)4-13-5-8(10)9(11)12-13/h5-7H,2-4H2,1H3,(H2,11,12)/t6-,7+/m1/s1. The number of hydrogen-bond acceptors (Lipinski definition) is 2. The van der Waals surface area contributed by atoms with Crippen molar-refractivity contribution in [2.24, 2.45) is 11.8 Å². The molecule has 1 aromatic heterocycles. The van der Waals surface area contributed by atoms with Crippen LogP contribution in [0.2, 0.25) is 0 Å². The molecule has 2 rings (SSSR count). The Balaban J connectivity index is 1.95. The number of hydrogen-bond donors (Lipinski definition) is 1. The summed E-state index contributed by atoms with van der Waals surface area (Å²) in [4.78, 5) is 0. The summed E-state index contributed by atoms with van der Waals surface area (Å²) in [5.41, 5.74) is 5.63. The molecule has 0 bridgehead atoms. The van der Waals surface area contributed by atoms with Crippen molar-refractivity contribution in [3.05, 3.63) is 10.7 Å². The van der Waals surface area contributed by atoms with Gasteiger partial charge in [0.05, 0.1) is 4.47 Å². The van der Waals surface area contributed by atoms with Gasteiger partial charge in [-0.1, -0.05) is 13.3 Å². The molecule has 13 heavy (non-hydrogen) atoms. The van der Waals surface area contributed by atoms with Crippen molar-refractivity contribution in [2.75, 3.05) is 5.73 Å². The van der Waals surface area contributed by atoms with Gasteiger partial charge in [0.25, 0.3) is 0 Å². The number of nitrogens with zero attached hydrogens (tertiary/aromatic N) is 2. The molecule has 0 aliphatic heterocycles. The number of halogens is 1. The zero-order valence-corrected chi connectivity index (χ0v) is 9.29. The predicted octanol–water partition coefficient (Wildman–Crippen LogP) is 2.27. The molecule has 3 nitrogen and oxygen atoms in total. The van der Waals surface area contributed by atoms with Gasteiger partial charge in [0.1, 0.15) is 0 Å². The minimum Gasteiger partial charge on any atom is -0.381 e. The third-order valence-electron chi connectivity index (χ3n) is 2.76. The number of nitrogen functional groups attached to an aromatic ring is 1.